The van der Waals surface area contributed by atoms with Crippen LogP contribution in [0.15, 0.2) is 35.1 Å². The van der Waals surface area contributed by atoms with Gasteiger partial charge in [0, 0.05) is 25.6 Å². The number of aliphatic hydroxyl groups is 1. The van der Waals surface area contributed by atoms with Gasteiger partial charge in [0.25, 0.3) is 0 Å². The molecule has 0 aromatic heterocycles. The first-order valence-electron chi connectivity index (χ1n) is 15.7. The second-order valence-corrected chi connectivity index (χ2v) is 12.5. The Kier molecular flexibility index (Phi) is 12.2. The number of hydrogen-bond donors (Lipinski definition) is 1. The Morgan fingerprint density at radius 3 is 2.42 bits per heavy atom. The molecule has 0 radical (unpaired) electrons. The van der Waals surface area contributed by atoms with E-state index in [9.17, 15) is 0 Å². The van der Waals surface area contributed by atoms with Crippen LogP contribution in [-0.2, 0) is 18.9 Å². The number of rotatable bonds is 14. The van der Waals surface area contributed by atoms with Crippen molar-refractivity contribution < 1.29 is 24.1 Å². The largest absolute Gasteiger partial charge is 0.469 e. The predicted molar refractivity (Wildman–Crippen MR) is 152 cm³/mol. The minimum absolute atomic E-state index is 0.0826. The lowest BCUT2D eigenvalue weighted by molar-refractivity contribution is -0.200. The smallest absolute Gasteiger partial charge is 0.199 e. The van der Waals surface area contributed by atoms with E-state index >= 15 is 0 Å². The molecule has 2 aliphatic carbocycles. The van der Waals surface area contributed by atoms with Crippen LogP contribution in [0.5, 0.6) is 0 Å². The lowest BCUT2D eigenvalue weighted by Gasteiger charge is -2.34. The fraction of sp³-hybridized carbons (Fsp3) is 0.818. The molecule has 0 bridgehead atoms. The summed E-state index contributed by atoms with van der Waals surface area (Å²) in [6.45, 7) is 8.60. The van der Waals surface area contributed by atoms with Gasteiger partial charge in [-0.25, -0.2) is 0 Å². The van der Waals surface area contributed by atoms with Crippen LogP contribution in [0, 0.1) is 23.7 Å². The van der Waals surface area contributed by atoms with Crippen molar-refractivity contribution in [3.05, 3.63) is 35.1 Å². The lowest BCUT2D eigenvalue weighted by Crippen LogP contribution is -2.34. The van der Waals surface area contributed by atoms with E-state index < -0.39 is 0 Å². The minimum Gasteiger partial charge on any atom is -0.469 e. The van der Waals surface area contributed by atoms with Crippen LogP contribution < -0.4 is 0 Å². The molecule has 2 heterocycles. The Hall–Kier alpha value is -1.14. The van der Waals surface area contributed by atoms with Crippen LogP contribution in [0.3, 0.4) is 0 Å². The number of hydrogen-bond acceptors (Lipinski definition) is 5. The zero-order valence-electron chi connectivity index (χ0n) is 24.4. The molecule has 216 valence electrons. The highest BCUT2D eigenvalue weighted by atomic mass is 16.7. The molecule has 38 heavy (non-hydrogen) atoms. The number of fused-ring (bicyclic) bond motifs is 1. The van der Waals surface area contributed by atoms with Crippen molar-refractivity contribution in [3.63, 3.8) is 0 Å². The van der Waals surface area contributed by atoms with Crippen LogP contribution in [-0.4, -0.2) is 43.6 Å². The Balaban J connectivity index is 1.52. The van der Waals surface area contributed by atoms with Crippen molar-refractivity contribution in [2.24, 2.45) is 23.7 Å². The first kappa shape index (κ1) is 29.8. The third kappa shape index (κ3) is 8.94. The molecule has 0 aromatic rings. The summed E-state index contributed by atoms with van der Waals surface area (Å²) >= 11 is 0. The van der Waals surface area contributed by atoms with Gasteiger partial charge in [-0.05, 0) is 115 Å². The Morgan fingerprint density at radius 1 is 1.00 bits per heavy atom. The third-order valence-corrected chi connectivity index (χ3v) is 8.87. The monoisotopic (exact) mass is 530 g/mol. The van der Waals surface area contributed by atoms with E-state index in [0.717, 1.165) is 89.6 Å². The molecule has 4 aliphatic rings. The standard InChI is InChI=1S/C33H54O5/c1-24(2)14-15-25(3)16-17-29(37-31-12-6-9-19-35-31)33-28-22-26(11-5-4-8-18-34)21-27(28)23-30(33)38-32-13-7-10-20-36-32/h14,17,21,25,27-28,30-34H,4-13,15-16,18-20,22-23H2,1-3H3/t25?,27-,28-,30+,31?,32?,33-/m1/s1. The van der Waals surface area contributed by atoms with Gasteiger partial charge in [-0.3, -0.25) is 0 Å². The maximum Gasteiger partial charge on any atom is 0.199 e. The molecule has 7 atom stereocenters. The average Bonchev–Trinajstić information content (AvgIpc) is 3.46. The van der Waals surface area contributed by atoms with Crippen LogP contribution in [0.4, 0.5) is 0 Å². The van der Waals surface area contributed by atoms with E-state index in [1.165, 1.54) is 24.8 Å². The summed E-state index contributed by atoms with van der Waals surface area (Å²) < 4.78 is 25.7. The van der Waals surface area contributed by atoms with Gasteiger partial charge in [-0.2, -0.15) is 0 Å². The summed E-state index contributed by atoms with van der Waals surface area (Å²) in [5.41, 5.74) is 2.98. The number of ether oxygens (including phenoxy) is 4. The maximum absolute atomic E-state index is 9.16. The summed E-state index contributed by atoms with van der Waals surface area (Å²) in [5, 5.41) is 9.16. The summed E-state index contributed by atoms with van der Waals surface area (Å²) in [6.07, 6.45) is 22.4. The molecule has 0 aromatic carbocycles. The molecule has 0 spiro atoms. The number of allylic oxidation sites excluding steroid dienone is 5. The second kappa shape index (κ2) is 15.6. The maximum atomic E-state index is 9.16. The minimum atomic E-state index is -0.138. The molecule has 5 nitrogen and oxygen atoms in total. The van der Waals surface area contributed by atoms with Crippen LogP contribution in [0.25, 0.3) is 0 Å². The molecule has 1 N–H and O–H groups in total. The molecule has 0 amide bonds. The SMILES string of the molecule is CC(C)=CCC(C)CC=C(OC1CCCCO1)[C@H]1[C@@H]2CC(CCCCCO)=C[C@@H]2C[C@@H]1OC1CCCCO1. The van der Waals surface area contributed by atoms with Crippen molar-refractivity contribution in [1.29, 1.82) is 0 Å². The van der Waals surface area contributed by atoms with Gasteiger partial charge >= 0.3 is 0 Å². The van der Waals surface area contributed by atoms with Crippen molar-refractivity contribution in [2.75, 3.05) is 19.8 Å². The topological polar surface area (TPSA) is 57.2 Å². The average molecular weight is 531 g/mol. The van der Waals surface area contributed by atoms with E-state index in [-0.39, 0.29) is 24.6 Å². The highest BCUT2D eigenvalue weighted by Gasteiger charge is 2.49. The van der Waals surface area contributed by atoms with Gasteiger partial charge in [-0.1, -0.05) is 36.6 Å². The highest BCUT2D eigenvalue weighted by Crippen LogP contribution is 2.52. The number of unbranched alkanes of at least 4 members (excludes halogenated alkanes) is 2. The van der Waals surface area contributed by atoms with Crippen LogP contribution in [0.1, 0.15) is 111 Å². The van der Waals surface area contributed by atoms with Crippen LogP contribution in [0.2, 0.25) is 0 Å². The molecule has 1 saturated carbocycles. The summed E-state index contributed by atoms with van der Waals surface area (Å²) in [4.78, 5) is 0. The first-order valence-corrected chi connectivity index (χ1v) is 15.7. The van der Waals surface area contributed by atoms with E-state index in [4.69, 9.17) is 24.1 Å². The normalized spacial score (nSPS) is 32.5. The van der Waals surface area contributed by atoms with Gasteiger partial charge in [-0.15, -0.1) is 0 Å². The molecule has 2 aliphatic heterocycles. The quantitative estimate of drug-likeness (QED) is 0.141. The molecule has 4 rings (SSSR count). The van der Waals surface area contributed by atoms with Crippen molar-refractivity contribution in [2.45, 2.75) is 129 Å². The van der Waals surface area contributed by atoms with E-state index in [2.05, 4.69) is 39.0 Å². The zero-order chi connectivity index (χ0) is 26.7. The molecular formula is C33H54O5. The van der Waals surface area contributed by atoms with Crippen molar-refractivity contribution in [1.82, 2.24) is 0 Å². The van der Waals surface area contributed by atoms with E-state index in [1.807, 2.05) is 0 Å². The fourth-order valence-corrected chi connectivity index (χ4v) is 6.72. The molecular weight excluding hydrogens is 476 g/mol. The summed E-state index contributed by atoms with van der Waals surface area (Å²) in [6, 6.07) is 0. The Morgan fingerprint density at radius 2 is 1.74 bits per heavy atom. The zero-order valence-corrected chi connectivity index (χ0v) is 24.4. The molecule has 3 fully saturated rings. The van der Waals surface area contributed by atoms with Crippen molar-refractivity contribution >= 4 is 0 Å². The summed E-state index contributed by atoms with van der Waals surface area (Å²) in [5.74, 6) is 3.00. The third-order valence-electron chi connectivity index (χ3n) is 8.87. The number of aliphatic hydroxyl groups excluding tert-OH is 1. The predicted octanol–water partition coefficient (Wildman–Crippen LogP) is 7.84. The van der Waals surface area contributed by atoms with Crippen molar-refractivity contribution in [3.8, 4) is 0 Å². The molecule has 5 heteroatoms. The Bertz CT molecular complexity index is 785. The van der Waals surface area contributed by atoms with E-state index in [1.54, 1.807) is 5.57 Å². The van der Waals surface area contributed by atoms with Crippen LogP contribution >= 0.6 is 0 Å². The Labute approximate surface area is 232 Å². The lowest BCUT2D eigenvalue weighted by atomic mass is 9.86. The van der Waals surface area contributed by atoms with E-state index in [0.29, 0.717) is 24.4 Å². The highest BCUT2D eigenvalue weighted by molar-refractivity contribution is 5.23. The van der Waals surface area contributed by atoms with Gasteiger partial charge in [0.15, 0.2) is 12.6 Å². The van der Waals surface area contributed by atoms with Gasteiger partial charge in [0.05, 0.1) is 12.7 Å². The molecule has 3 unspecified atom stereocenters. The van der Waals surface area contributed by atoms with Gasteiger partial charge in [0.1, 0.15) is 5.76 Å². The fourth-order valence-electron chi connectivity index (χ4n) is 6.72. The summed E-state index contributed by atoms with van der Waals surface area (Å²) in [7, 11) is 0. The second-order valence-electron chi connectivity index (χ2n) is 12.5. The first-order chi connectivity index (χ1) is 18.5. The van der Waals surface area contributed by atoms with Gasteiger partial charge < -0.3 is 24.1 Å². The van der Waals surface area contributed by atoms with Gasteiger partial charge in [0.2, 0.25) is 0 Å². The molecule has 2 saturated heterocycles.